The zero-order valence-corrected chi connectivity index (χ0v) is 11.3. The van der Waals surface area contributed by atoms with Crippen molar-refractivity contribution in [3.63, 3.8) is 0 Å². The second-order valence-electron chi connectivity index (χ2n) is 4.40. The van der Waals surface area contributed by atoms with Crippen LogP contribution < -0.4 is 10.2 Å². The summed E-state index contributed by atoms with van der Waals surface area (Å²) in [6.07, 6.45) is 2.91. The molecule has 2 heterocycles. The van der Waals surface area contributed by atoms with Crippen LogP contribution in [0, 0.1) is 5.82 Å². The summed E-state index contributed by atoms with van der Waals surface area (Å²) in [5, 5.41) is 9.97. The Labute approximate surface area is 120 Å². The average molecular weight is 293 g/mol. The van der Waals surface area contributed by atoms with Crippen LogP contribution in [-0.2, 0) is 11.3 Å². The lowest BCUT2D eigenvalue weighted by molar-refractivity contribution is 0.275. The lowest BCUT2D eigenvalue weighted by Gasteiger charge is -2.10. The minimum Gasteiger partial charge on any atom is -0.494 e. The highest BCUT2D eigenvalue weighted by molar-refractivity contribution is 6.61. The Morgan fingerprint density at radius 3 is 2.95 bits per heavy atom. The van der Waals surface area contributed by atoms with Crippen LogP contribution in [0.25, 0.3) is 11.1 Å². The molecule has 0 saturated heterocycles. The molecule has 20 heavy (non-hydrogen) atoms. The number of nitrogens with zero attached hydrogens (tertiary/aromatic N) is 1. The summed E-state index contributed by atoms with van der Waals surface area (Å²) in [5.74, 6) is -0.0840. The van der Waals surface area contributed by atoms with Gasteiger partial charge in [-0.15, -0.1) is 0 Å². The Morgan fingerprint density at radius 1 is 1.40 bits per heavy atom. The Hall–Kier alpha value is -1.63. The molecule has 0 bridgehead atoms. The van der Waals surface area contributed by atoms with Gasteiger partial charge in [0, 0.05) is 17.3 Å². The van der Waals surface area contributed by atoms with E-state index in [9.17, 15) is 9.41 Å². The van der Waals surface area contributed by atoms with Crippen molar-refractivity contribution in [3.8, 4) is 16.9 Å². The van der Waals surface area contributed by atoms with Gasteiger partial charge in [0.25, 0.3) is 0 Å². The maximum absolute atomic E-state index is 14.2. The molecule has 1 aliphatic rings. The van der Waals surface area contributed by atoms with E-state index in [1.54, 1.807) is 0 Å². The third kappa shape index (κ3) is 2.06. The molecule has 0 aliphatic carbocycles. The smallest absolute Gasteiger partial charge is 0.491 e. The molecular weight excluding hydrogens is 283 g/mol. The predicted octanol–water partition coefficient (Wildman–Crippen LogP) is 1.77. The van der Waals surface area contributed by atoms with Crippen molar-refractivity contribution in [2.24, 2.45) is 0 Å². The van der Waals surface area contributed by atoms with Crippen LogP contribution in [0.2, 0.25) is 5.02 Å². The maximum atomic E-state index is 14.2. The topological polar surface area (TPSA) is 51.6 Å². The molecule has 0 saturated carbocycles. The Balaban J connectivity index is 2.18. The molecule has 0 atom stereocenters. The molecule has 7 heteroatoms. The van der Waals surface area contributed by atoms with E-state index in [2.05, 4.69) is 4.98 Å². The van der Waals surface area contributed by atoms with Gasteiger partial charge in [0.2, 0.25) is 0 Å². The second kappa shape index (κ2) is 5.05. The highest BCUT2D eigenvalue weighted by atomic mass is 35.5. The molecule has 0 amide bonds. The molecule has 1 aliphatic heterocycles. The van der Waals surface area contributed by atoms with Gasteiger partial charge in [-0.3, -0.25) is 4.98 Å². The predicted molar refractivity (Wildman–Crippen MR) is 73.6 cm³/mol. The zero-order chi connectivity index (χ0) is 14.3. The van der Waals surface area contributed by atoms with Crippen LogP contribution in [0.5, 0.6) is 5.75 Å². The van der Waals surface area contributed by atoms with E-state index in [1.807, 2.05) is 0 Å². The molecule has 1 N–H and O–H groups in total. The molecule has 102 valence electrons. The second-order valence-corrected chi connectivity index (χ2v) is 4.78. The summed E-state index contributed by atoms with van der Waals surface area (Å²) in [6, 6.07) is 2.88. The van der Waals surface area contributed by atoms with E-state index in [0.717, 1.165) is 0 Å². The molecular formula is C13H10BClFNO3. The van der Waals surface area contributed by atoms with Crippen LogP contribution in [0.3, 0.4) is 0 Å². The summed E-state index contributed by atoms with van der Waals surface area (Å²) in [5.41, 5.74) is 1.83. The fourth-order valence-corrected chi connectivity index (χ4v) is 2.48. The first-order valence-corrected chi connectivity index (χ1v) is 6.29. The Bertz CT molecular complexity index is 683. The van der Waals surface area contributed by atoms with Gasteiger partial charge in [-0.25, -0.2) is 4.39 Å². The van der Waals surface area contributed by atoms with Gasteiger partial charge in [0.15, 0.2) is 5.75 Å². The van der Waals surface area contributed by atoms with E-state index in [-0.39, 0.29) is 17.2 Å². The molecule has 1 aromatic heterocycles. The largest absolute Gasteiger partial charge is 0.494 e. The molecule has 4 nitrogen and oxygen atoms in total. The van der Waals surface area contributed by atoms with E-state index < -0.39 is 12.9 Å². The van der Waals surface area contributed by atoms with Crippen molar-refractivity contribution in [2.75, 3.05) is 7.11 Å². The highest BCUT2D eigenvalue weighted by Crippen LogP contribution is 2.35. The monoisotopic (exact) mass is 293 g/mol. The summed E-state index contributed by atoms with van der Waals surface area (Å²) in [4.78, 5) is 3.98. The number of aromatic nitrogens is 1. The van der Waals surface area contributed by atoms with Gasteiger partial charge >= 0.3 is 7.12 Å². The van der Waals surface area contributed by atoms with Crippen molar-refractivity contribution >= 4 is 24.2 Å². The SMILES string of the molecule is COc1cncc(-c2cc3c(cc2F)COB3O)c1Cl. The van der Waals surface area contributed by atoms with Crippen LogP contribution >= 0.6 is 11.6 Å². The van der Waals surface area contributed by atoms with Gasteiger partial charge in [0.05, 0.1) is 24.9 Å². The molecule has 0 fully saturated rings. The van der Waals surface area contributed by atoms with Gasteiger partial charge < -0.3 is 14.4 Å². The van der Waals surface area contributed by atoms with Crippen molar-refractivity contribution in [2.45, 2.75) is 6.61 Å². The van der Waals surface area contributed by atoms with Crippen molar-refractivity contribution in [1.29, 1.82) is 0 Å². The number of rotatable bonds is 2. The third-order valence-corrected chi connectivity index (χ3v) is 3.64. The number of hydrogen-bond donors (Lipinski definition) is 1. The van der Waals surface area contributed by atoms with E-state index in [4.69, 9.17) is 21.0 Å². The summed E-state index contributed by atoms with van der Waals surface area (Å²) in [7, 11) is 0.422. The minimum absolute atomic E-state index is 0.192. The fraction of sp³-hybridized carbons (Fsp3) is 0.154. The number of pyridine rings is 1. The molecule has 0 radical (unpaired) electrons. The van der Waals surface area contributed by atoms with Crippen molar-refractivity contribution < 1.29 is 18.8 Å². The number of halogens is 2. The van der Waals surface area contributed by atoms with Gasteiger partial charge in [0.1, 0.15) is 5.82 Å². The minimum atomic E-state index is -1.04. The fourth-order valence-electron chi connectivity index (χ4n) is 2.21. The van der Waals surface area contributed by atoms with Gasteiger partial charge in [-0.05, 0) is 17.1 Å². The maximum Gasteiger partial charge on any atom is 0.491 e. The summed E-state index contributed by atoms with van der Waals surface area (Å²) < 4.78 is 24.3. The average Bonchev–Trinajstić information content (AvgIpc) is 2.79. The normalized spacial score (nSPS) is 13.5. The summed E-state index contributed by atoms with van der Waals surface area (Å²) in [6.45, 7) is 0.192. The highest BCUT2D eigenvalue weighted by Gasteiger charge is 2.29. The molecule has 0 unspecified atom stereocenters. The number of benzene rings is 1. The number of fused-ring (bicyclic) bond motifs is 1. The number of methoxy groups -OCH3 is 1. The van der Waals surface area contributed by atoms with Gasteiger partial charge in [-0.2, -0.15) is 0 Å². The van der Waals surface area contributed by atoms with E-state index in [0.29, 0.717) is 22.3 Å². The zero-order valence-electron chi connectivity index (χ0n) is 10.6. The Kier molecular flexibility index (Phi) is 3.37. The quantitative estimate of drug-likeness (QED) is 0.857. The first-order chi connectivity index (χ1) is 9.61. The number of hydrogen-bond acceptors (Lipinski definition) is 4. The van der Waals surface area contributed by atoms with Crippen molar-refractivity contribution in [3.05, 3.63) is 40.9 Å². The lowest BCUT2D eigenvalue weighted by atomic mass is 9.78. The van der Waals surface area contributed by atoms with Crippen LogP contribution in [-0.4, -0.2) is 24.2 Å². The third-order valence-electron chi connectivity index (χ3n) is 3.25. The van der Waals surface area contributed by atoms with Crippen LogP contribution in [0.15, 0.2) is 24.5 Å². The van der Waals surface area contributed by atoms with E-state index >= 15 is 0 Å². The first-order valence-electron chi connectivity index (χ1n) is 5.91. The lowest BCUT2D eigenvalue weighted by Crippen LogP contribution is -2.28. The summed E-state index contributed by atoms with van der Waals surface area (Å²) >= 11 is 6.18. The Morgan fingerprint density at radius 2 is 2.20 bits per heavy atom. The molecule has 3 rings (SSSR count). The molecule has 2 aromatic rings. The molecule has 0 spiro atoms. The van der Waals surface area contributed by atoms with Crippen molar-refractivity contribution in [1.82, 2.24) is 4.98 Å². The van der Waals surface area contributed by atoms with Gasteiger partial charge in [-0.1, -0.05) is 17.7 Å². The van der Waals surface area contributed by atoms with Crippen LogP contribution in [0.4, 0.5) is 4.39 Å². The number of ether oxygens (including phenoxy) is 1. The van der Waals surface area contributed by atoms with E-state index in [1.165, 1.54) is 31.6 Å². The first kappa shape index (κ1) is 13.4. The molecule has 1 aromatic carbocycles. The standard InChI is InChI=1S/C13H10BClFNO3/c1-19-12-5-17-4-9(13(12)15)8-3-10-7(2-11(8)16)6-20-14(10)18/h2-5,18H,6H2,1H3. The van der Waals surface area contributed by atoms with Crippen LogP contribution in [0.1, 0.15) is 5.56 Å².